The fourth-order valence-corrected chi connectivity index (χ4v) is 3.35. The van der Waals surface area contributed by atoms with E-state index in [1.54, 1.807) is 12.1 Å². The molecule has 0 unspecified atom stereocenters. The van der Waals surface area contributed by atoms with Crippen LogP contribution >= 0.6 is 11.8 Å². The second-order valence-corrected chi connectivity index (χ2v) is 6.98. The first-order chi connectivity index (χ1) is 14.3. The summed E-state index contributed by atoms with van der Waals surface area (Å²) in [4.78, 5) is 32.5. The lowest BCUT2D eigenvalue weighted by Crippen LogP contribution is -2.16. The Balaban J connectivity index is 1.53. The number of H-pyrrole nitrogens is 1. The minimum atomic E-state index is -4.51. The van der Waals surface area contributed by atoms with Crippen LogP contribution in [0.3, 0.4) is 0 Å². The van der Waals surface area contributed by atoms with E-state index in [0.717, 1.165) is 23.9 Å². The van der Waals surface area contributed by atoms with E-state index in [0.29, 0.717) is 5.76 Å². The number of furan rings is 1. The summed E-state index contributed by atoms with van der Waals surface area (Å²) >= 11 is 0.978. The van der Waals surface area contributed by atoms with Crippen molar-refractivity contribution in [2.45, 2.75) is 11.3 Å². The van der Waals surface area contributed by atoms with E-state index in [2.05, 4.69) is 20.4 Å². The Bertz CT molecular complexity index is 1260. The van der Waals surface area contributed by atoms with E-state index < -0.39 is 23.2 Å². The average Bonchev–Trinajstić information content (AvgIpc) is 3.34. The van der Waals surface area contributed by atoms with E-state index in [9.17, 15) is 22.8 Å². The molecule has 4 aromatic rings. The van der Waals surface area contributed by atoms with Gasteiger partial charge in [-0.1, -0.05) is 17.8 Å². The maximum atomic E-state index is 12.8. The summed E-state index contributed by atoms with van der Waals surface area (Å²) in [7, 11) is 0. The molecule has 0 saturated carbocycles. The number of amides is 1. The number of fused-ring (bicyclic) bond motifs is 1. The van der Waals surface area contributed by atoms with Crippen LogP contribution < -0.4 is 10.9 Å². The Morgan fingerprint density at radius 3 is 2.77 bits per heavy atom. The number of hydrogen-bond donors (Lipinski definition) is 2. The normalized spacial score (nSPS) is 11.7. The van der Waals surface area contributed by atoms with Gasteiger partial charge >= 0.3 is 6.18 Å². The summed E-state index contributed by atoms with van der Waals surface area (Å²) in [5.41, 5.74) is -0.967. The molecule has 8 nitrogen and oxygen atoms in total. The quantitative estimate of drug-likeness (QED) is 0.466. The van der Waals surface area contributed by atoms with Gasteiger partial charge in [-0.05, 0) is 30.3 Å². The molecule has 0 saturated heterocycles. The predicted molar refractivity (Wildman–Crippen MR) is 102 cm³/mol. The Kier molecular flexibility index (Phi) is 5.08. The van der Waals surface area contributed by atoms with Crippen LogP contribution in [0.2, 0.25) is 0 Å². The van der Waals surface area contributed by atoms with Crippen LogP contribution in [0.1, 0.15) is 5.56 Å². The first-order valence-corrected chi connectivity index (χ1v) is 9.42. The molecule has 0 spiro atoms. The number of anilines is 1. The van der Waals surface area contributed by atoms with Crippen LogP contribution in [-0.2, 0) is 11.0 Å². The van der Waals surface area contributed by atoms with E-state index in [-0.39, 0.29) is 28.1 Å². The van der Waals surface area contributed by atoms with Gasteiger partial charge in [-0.25, -0.2) is 9.50 Å². The lowest BCUT2D eigenvalue weighted by molar-refractivity contribution is -0.137. The predicted octanol–water partition coefficient (Wildman–Crippen LogP) is 3.43. The number of hydrogen-bond acceptors (Lipinski definition) is 6. The highest BCUT2D eigenvalue weighted by molar-refractivity contribution is 7.99. The molecule has 0 aliphatic carbocycles. The number of nitrogens with one attached hydrogen (secondary N) is 2. The van der Waals surface area contributed by atoms with Crippen molar-refractivity contribution in [3.8, 4) is 11.6 Å². The van der Waals surface area contributed by atoms with Gasteiger partial charge in [-0.3, -0.25) is 14.7 Å². The largest absolute Gasteiger partial charge is 0.461 e. The molecule has 4 rings (SSSR count). The van der Waals surface area contributed by atoms with Crippen LogP contribution in [-0.4, -0.2) is 31.2 Å². The number of halogens is 3. The molecule has 0 atom stereocenters. The highest BCUT2D eigenvalue weighted by Crippen LogP contribution is 2.30. The number of carbonyl (C=O) groups is 1. The number of carbonyl (C=O) groups excluding carboxylic acids is 1. The molecule has 2 N–H and O–H groups in total. The molecule has 154 valence electrons. The van der Waals surface area contributed by atoms with Crippen LogP contribution in [0.5, 0.6) is 0 Å². The van der Waals surface area contributed by atoms with Crippen molar-refractivity contribution in [2.75, 3.05) is 11.1 Å². The third kappa shape index (κ3) is 4.22. The molecule has 1 amide bonds. The van der Waals surface area contributed by atoms with E-state index in [4.69, 9.17) is 4.42 Å². The van der Waals surface area contributed by atoms with Crippen molar-refractivity contribution in [1.82, 2.24) is 19.6 Å². The third-order valence-corrected chi connectivity index (χ3v) is 4.81. The first-order valence-electron chi connectivity index (χ1n) is 8.43. The van der Waals surface area contributed by atoms with Crippen molar-refractivity contribution in [1.29, 1.82) is 0 Å². The van der Waals surface area contributed by atoms with Crippen molar-refractivity contribution in [3.05, 3.63) is 64.6 Å². The second kappa shape index (κ2) is 7.71. The van der Waals surface area contributed by atoms with Crippen molar-refractivity contribution >= 4 is 29.0 Å². The molecule has 0 radical (unpaired) electrons. The lowest BCUT2D eigenvalue weighted by Gasteiger charge is -2.10. The number of benzene rings is 1. The number of aromatic amines is 1. The highest BCUT2D eigenvalue weighted by atomic mass is 32.2. The van der Waals surface area contributed by atoms with Gasteiger partial charge in [0.2, 0.25) is 5.91 Å². The molecule has 30 heavy (non-hydrogen) atoms. The van der Waals surface area contributed by atoms with Gasteiger partial charge in [0.05, 0.1) is 17.6 Å². The Labute approximate surface area is 170 Å². The summed E-state index contributed by atoms with van der Waals surface area (Å²) < 4.78 is 45.0. The summed E-state index contributed by atoms with van der Waals surface area (Å²) in [6.07, 6.45) is -3.06. The van der Waals surface area contributed by atoms with Crippen LogP contribution in [0.25, 0.3) is 17.2 Å². The zero-order valence-electron chi connectivity index (χ0n) is 14.9. The van der Waals surface area contributed by atoms with E-state index in [1.165, 1.54) is 29.0 Å². The number of aromatic nitrogens is 4. The summed E-state index contributed by atoms with van der Waals surface area (Å²) in [6, 6.07) is 8.90. The van der Waals surface area contributed by atoms with Crippen molar-refractivity contribution in [3.63, 3.8) is 0 Å². The van der Waals surface area contributed by atoms with Crippen LogP contribution in [0.4, 0.5) is 18.9 Å². The van der Waals surface area contributed by atoms with Gasteiger partial charge in [0.25, 0.3) is 5.56 Å². The first kappa shape index (κ1) is 19.8. The van der Waals surface area contributed by atoms with Crippen molar-refractivity contribution in [2.24, 2.45) is 0 Å². The molecule has 12 heteroatoms. The van der Waals surface area contributed by atoms with Gasteiger partial charge in [0, 0.05) is 11.8 Å². The van der Waals surface area contributed by atoms with E-state index in [1.807, 2.05) is 0 Å². The van der Waals surface area contributed by atoms with Crippen molar-refractivity contribution < 1.29 is 22.4 Å². The summed E-state index contributed by atoms with van der Waals surface area (Å²) in [5, 5.41) is 5.20. The number of rotatable bonds is 5. The van der Waals surface area contributed by atoms with E-state index >= 15 is 0 Å². The summed E-state index contributed by atoms with van der Waals surface area (Å²) in [6.45, 7) is 0. The SMILES string of the molecule is O=C(CSc1nc(-c2ccco2)nc2cc(=O)[nH]n12)Nc1cccc(C(F)(F)F)c1. The third-order valence-electron chi connectivity index (χ3n) is 3.87. The molecule has 0 aliphatic heterocycles. The number of alkyl halides is 3. The molecule has 0 bridgehead atoms. The molecule has 3 aromatic heterocycles. The monoisotopic (exact) mass is 435 g/mol. The minimum Gasteiger partial charge on any atom is -0.461 e. The Morgan fingerprint density at radius 2 is 2.03 bits per heavy atom. The van der Waals surface area contributed by atoms with Gasteiger partial charge in [-0.15, -0.1) is 0 Å². The minimum absolute atomic E-state index is 0.0221. The average molecular weight is 435 g/mol. The molecule has 1 aromatic carbocycles. The lowest BCUT2D eigenvalue weighted by atomic mass is 10.2. The summed E-state index contributed by atoms with van der Waals surface area (Å²) in [5.74, 6) is -0.110. The smallest absolute Gasteiger partial charge is 0.416 e. The molecular weight excluding hydrogens is 423 g/mol. The zero-order chi connectivity index (χ0) is 21.3. The van der Waals surface area contributed by atoms with Gasteiger partial charge in [0.1, 0.15) is 0 Å². The zero-order valence-corrected chi connectivity index (χ0v) is 15.8. The van der Waals surface area contributed by atoms with Gasteiger partial charge in [0.15, 0.2) is 22.4 Å². The van der Waals surface area contributed by atoms with Gasteiger partial charge in [-0.2, -0.15) is 18.2 Å². The fourth-order valence-electron chi connectivity index (χ4n) is 2.60. The standard InChI is InChI=1S/C18H12F3N5O3S/c19-18(20,21)10-3-1-4-11(7-10)22-15(28)9-30-17-24-16(12-5-2-6-29-12)23-13-8-14(27)25-26(13)17/h1-8H,9H2,(H,22,28)(H,25,27). The highest BCUT2D eigenvalue weighted by Gasteiger charge is 2.30. The molecule has 3 heterocycles. The molecule has 0 fully saturated rings. The van der Waals surface area contributed by atoms with Crippen LogP contribution in [0, 0.1) is 0 Å². The fraction of sp³-hybridized carbons (Fsp3) is 0.111. The molecule has 0 aliphatic rings. The topological polar surface area (TPSA) is 105 Å². The Hall–Kier alpha value is -3.54. The molecular formula is C18H12F3N5O3S. The van der Waals surface area contributed by atoms with Crippen LogP contribution in [0.15, 0.2) is 63.1 Å². The number of nitrogens with zero attached hydrogens (tertiary/aromatic N) is 3. The maximum absolute atomic E-state index is 12.8. The van der Waals surface area contributed by atoms with Gasteiger partial charge < -0.3 is 9.73 Å². The number of thioether (sulfide) groups is 1. The second-order valence-electron chi connectivity index (χ2n) is 6.04. The Morgan fingerprint density at radius 1 is 1.20 bits per heavy atom. The maximum Gasteiger partial charge on any atom is 0.416 e.